The molecule has 1 aromatic rings. The Morgan fingerprint density at radius 3 is 3.00 bits per heavy atom. The third kappa shape index (κ3) is 3.82. The summed E-state index contributed by atoms with van der Waals surface area (Å²) in [7, 11) is 1.52. The minimum Gasteiger partial charge on any atom is -0.495 e. The Balaban J connectivity index is 1.69. The number of nitriles is 1. The van der Waals surface area contributed by atoms with Gasteiger partial charge in [-0.25, -0.2) is 4.98 Å². The first kappa shape index (κ1) is 17.8. The Morgan fingerprint density at radius 1 is 1.48 bits per heavy atom. The summed E-state index contributed by atoms with van der Waals surface area (Å²) >= 11 is 6.31. The van der Waals surface area contributed by atoms with E-state index in [-0.39, 0.29) is 29.3 Å². The summed E-state index contributed by atoms with van der Waals surface area (Å²) < 4.78 is 5.21. The number of fused-ring (bicyclic) bond motifs is 1. The van der Waals surface area contributed by atoms with E-state index in [9.17, 15) is 4.79 Å². The fraction of sp³-hybridized carbons (Fsp3) is 0.611. The summed E-state index contributed by atoms with van der Waals surface area (Å²) in [4.78, 5) is 16.8. The van der Waals surface area contributed by atoms with Crippen molar-refractivity contribution in [2.75, 3.05) is 12.4 Å². The fourth-order valence-electron chi connectivity index (χ4n) is 3.91. The van der Waals surface area contributed by atoms with E-state index in [1.807, 2.05) is 13.0 Å². The Hall–Kier alpha value is -2.00. The van der Waals surface area contributed by atoms with Crippen molar-refractivity contribution in [2.45, 2.75) is 50.1 Å². The monoisotopic (exact) mass is 362 g/mol. The zero-order chi connectivity index (χ0) is 18.0. The smallest absolute Gasteiger partial charge is 0.225 e. The zero-order valence-corrected chi connectivity index (χ0v) is 15.2. The average Bonchev–Trinajstić information content (AvgIpc) is 2.61. The number of hydrogen-bond acceptors (Lipinski definition) is 5. The topological polar surface area (TPSA) is 87.0 Å². The number of methoxy groups -OCH3 is 1. The Labute approximate surface area is 152 Å². The van der Waals surface area contributed by atoms with Gasteiger partial charge in [0.15, 0.2) is 0 Å². The third-order valence-electron chi connectivity index (χ3n) is 5.33. The number of carbonyl (C=O) groups is 1. The van der Waals surface area contributed by atoms with E-state index < -0.39 is 0 Å². The van der Waals surface area contributed by atoms with Crippen molar-refractivity contribution in [2.24, 2.45) is 11.8 Å². The molecule has 5 atom stereocenters. The highest BCUT2D eigenvalue weighted by Gasteiger charge is 2.41. The Morgan fingerprint density at radius 2 is 2.28 bits per heavy atom. The molecule has 6 nitrogen and oxygen atoms in total. The lowest BCUT2D eigenvalue weighted by molar-refractivity contribution is -0.130. The number of ether oxygens (including phenoxy) is 1. The quantitative estimate of drug-likeness (QED) is 0.804. The summed E-state index contributed by atoms with van der Waals surface area (Å²) in [5.74, 6) is 1.46. The molecular formula is C18H23ClN4O2. The van der Waals surface area contributed by atoms with Gasteiger partial charge in [0.2, 0.25) is 5.91 Å². The number of pyridine rings is 1. The van der Waals surface area contributed by atoms with E-state index in [2.05, 4.69) is 15.6 Å². The molecule has 0 spiro atoms. The average molecular weight is 363 g/mol. The predicted molar refractivity (Wildman–Crippen MR) is 95.6 cm³/mol. The van der Waals surface area contributed by atoms with Crippen LogP contribution in [0.4, 0.5) is 5.82 Å². The van der Waals surface area contributed by atoms with Crippen molar-refractivity contribution in [1.29, 1.82) is 5.26 Å². The van der Waals surface area contributed by atoms with Crippen LogP contribution in [-0.4, -0.2) is 35.5 Å². The lowest BCUT2D eigenvalue weighted by Gasteiger charge is -2.42. The standard InChI is InChI=1S/C18H23ClN4O2/c1-10(22-17-7-16(25-2)12(8-20)9-21-17)14-6-11-5-13(19)3-4-15(11)23-18(14)24/h7,9-11,13-15H,3-6H2,1-2H3,(H,21,22)(H,23,24)/t10-,11?,13?,14?,15?/m1/s1. The number of piperidine rings is 1. The molecule has 25 heavy (non-hydrogen) atoms. The number of hydrogen-bond donors (Lipinski definition) is 2. The van der Waals surface area contributed by atoms with Crippen molar-refractivity contribution in [3.63, 3.8) is 0 Å². The number of nitrogens with zero attached hydrogens (tertiary/aromatic N) is 2. The highest BCUT2D eigenvalue weighted by Crippen LogP contribution is 2.37. The van der Waals surface area contributed by atoms with Crippen LogP contribution in [0.2, 0.25) is 0 Å². The van der Waals surface area contributed by atoms with Gasteiger partial charge >= 0.3 is 0 Å². The molecule has 0 radical (unpaired) electrons. The van der Waals surface area contributed by atoms with E-state index in [4.69, 9.17) is 21.6 Å². The molecule has 2 fully saturated rings. The number of alkyl halides is 1. The molecule has 1 aliphatic heterocycles. The fourth-order valence-corrected chi connectivity index (χ4v) is 4.27. The largest absolute Gasteiger partial charge is 0.495 e. The molecule has 2 N–H and O–H groups in total. The van der Waals surface area contributed by atoms with Gasteiger partial charge in [0.25, 0.3) is 0 Å². The van der Waals surface area contributed by atoms with Crippen molar-refractivity contribution in [1.82, 2.24) is 10.3 Å². The van der Waals surface area contributed by atoms with Gasteiger partial charge in [0, 0.05) is 23.5 Å². The molecule has 7 heteroatoms. The first-order valence-electron chi connectivity index (χ1n) is 8.67. The minimum atomic E-state index is -0.133. The molecule has 4 unspecified atom stereocenters. The molecule has 3 rings (SSSR count). The van der Waals surface area contributed by atoms with E-state index in [1.165, 1.54) is 13.3 Å². The molecule has 1 saturated heterocycles. The summed E-state index contributed by atoms with van der Waals surface area (Å²) in [6, 6.07) is 3.91. The van der Waals surface area contributed by atoms with Gasteiger partial charge in [0.05, 0.1) is 19.2 Å². The van der Waals surface area contributed by atoms with Crippen LogP contribution in [0.15, 0.2) is 12.3 Å². The van der Waals surface area contributed by atoms with E-state index in [0.717, 1.165) is 25.7 Å². The van der Waals surface area contributed by atoms with Gasteiger partial charge in [-0.3, -0.25) is 4.79 Å². The van der Waals surface area contributed by atoms with Crippen LogP contribution in [0.25, 0.3) is 0 Å². The number of aromatic nitrogens is 1. The Kier molecular flexibility index (Phi) is 5.33. The summed E-state index contributed by atoms with van der Waals surface area (Å²) in [6.45, 7) is 1.98. The molecule has 1 aromatic heterocycles. The predicted octanol–water partition coefficient (Wildman–Crippen LogP) is 2.67. The highest BCUT2D eigenvalue weighted by molar-refractivity contribution is 6.20. The number of rotatable bonds is 4. The van der Waals surface area contributed by atoms with Gasteiger partial charge in [-0.05, 0) is 38.5 Å². The van der Waals surface area contributed by atoms with E-state index in [1.54, 1.807) is 6.07 Å². The van der Waals surface area contributed by atoms with Crippen molar-refractivity contribution < 1.29 is 9.53 Å². The maximum Gasteiger partial charge on any atom is 0.225 e. The summed E-state index contributed by atoms with van der Waals surface area (Å²) in [5, 5.41) is 15.7. The van der Waals surface area contributed by atoms with E-state index >= 15 is 0 Å². The van der Waals surface area contributed by atoms with Gasteiger partial charge in [-0.2, -0.15) is 5.26 Å². The van der Waals surface area contributed by atoms with Crippen LogP contribution in [0.1, 0.15) is 38.2 Å². The molecule has 0 bridgehead atoms. The van der Waals surface area contributed by atoms with Crippen LogP contribution >= 0.6 is 11.6 Å². The van der Waals surface area contributed by atoms with Gasteiger partial charge < -0.3 is 15.4 Å². The maximum absolute atomic E-state index is 12.5. The van der Waals surface area contributed by atoms with Crippen molar-refractivity contribution in [3.8, 4) is 11.8 Å². The van der Waals surface area contributed by atoms with Crippen LogP contribution in [0.3, 0.4) is 0 Å². The van der Waals surface area contributed by atoms with Gasteiger partial charge in [0.1, 0.15) is 23.2 Å². The lowest BCUT2D eigenvalue weighted by atomic mass is 9.74. The van der Waals surface area contributed by atoms with E-state index in [0.29, 0.717) is 23.0 Å². The Bertz CT molecular complexity index is 690. The molecule has 2 heterocycles. The van der Waals surface area contributed by atoms with Gasteiger partial charge in [-0.1, -0.05) is 0 Å². The second-order valence-electron chi connectivity index (χ2n) is 6.94. The number of amides is 1. The summed E-state index contributed by atoms with van der Waals surface area (Å²) in [6.07, 6.45) is 5.20. The number of nitrogens with one attached hydrogen (secondary N) is 2. The van der Waals surface area contributed by atoms with Crippen LogP contribution in [0, 0.1) is 23.2 Å². The molecule has 1 aliphatic carbocycles. The molecule has 134 valence electrons. The second kappa shape index (κ2) is 7.49. The molecular weight excluding hydrogens is 340 g/mol. The SMILES string of the molecule is COc1cc(N[C@H](C)C2CC3CC(Cl)CCC3NC2=O)ncc1C#N. The highest BCUT2D eigenvalue weighted by atomic mass is 35.5. The summed E-state index contributed by atoms with van der Waals surface area (Å²) in [5.41, 5.74) is 0.384. The van der Waals surface area contributed by atoms with Crippen molar-refractivity contribution in [3.05, 3.63) is 17.8 Å². The number of carbonyl (C=O) groups excluding carboxylic acids is 1. The lowest BCUT2D eigenvalue weighted by Crippen LogP contribution is -2.55. The van der Waals surface area contributed by atoms with Crippen LogP contribution < -0.4 is 15.4 Å². The van der Waals surface area contributed by atoms with Crippen molar-refractivity contribution >= 4 is 23.3 Å². The molecule has 2 aliphatic rings. The molecule has 1 amide bonds. The van der Waals surface area contributed by atoms with Gasteiger partial charge in [-0.15, -0.1) is 11.6 Å². The molecule has 0 aromatic carbocycles. The van der Waals surface area contributed by atoms with Crippen LogP contribution in [-0.2, 0) is 4.79 Å². The maximum atomic E-state index is 12.5. The third-order valence-corrected chi connectivity index (χ3v) is 5.72. The number of anilines is 1. The first-order valence-corrected chi connectivity index (χ1v) is 9.10. The molecule has 1 saturated carbocycles. The number of halogens is 1. The second-order valence-corrected chi connectivity index (χ2v) is 7.56. The zero-order valence-electron chi connectivity index (χ0n) is 14.5. The minimum absolute atomic E-state index is 0.0817. The normalized spacial score (nSPS) is 29.8. The van der Waals surface area contributed by atoms with Crippen LogP contribution in [0.5, 0.6) is 5.75 Å². The first-order chi connectivity index (χ1) is 12.0.